The normalized spacial score (nSPS) is 26.2. The molecule has 2 saturated heterocycles. The minimum absolute atomic E-state index is 0.101. The zero-order valence-electron chi connectivity index (χ0n) is 30.0. The number of aromatic hydroxyl groups is 1. The molecule has 8 rings (SSSR count). The van der Waals surface area contributed by atoms with Gasteiger partial charge in [-0.15, -0.1) is 0 Å². The fourth-order valence-electron chi connectivity index (χ4n) is 9.41. The van der Waals surface area contributed by atoms with Gasteiger partial charge in [0.1, 0.15) is 17.2 Å². The number of hydrogen-bond donors (Lipinski definition) is 2. The van der Waals surface area contributed by atoms with Crippen LogP contribution >= 0.6 is 0 Å². The lowest BCUT2D eigenvalue weighted by molar-refractivity contribution is -0.138. The van der Waals surface area contributed by atoms with E-state index in [-0.39, 0.29) is 41.9 Å². The molecule has 0 spiro atoms. The molecule has 4 aliphatic rings. The number of imide groups is 2. The fourth-order valence-corrected chi connectivity index (χ4v) is 9.41. The second kappa shape index (κ2) is 12.9. The minimum atomic E-state index is -1.52. The minimum Gasteiger partial charge on any atom is -0.508 e. The van der Waals surface area contributed by atoms with Gasteiger partial charge in [-0.2, -0.15) is 5.01 Å². The van der Waals surface area contributed by atoms with Crippen LogP contribution in [0.5, 0.6) is 17.2 Å². The van der Waals surface area contributed by atoms with Gasteiger partial charge in [0.25, 0.3) is 11.8 Å². The van der Waals surface area contributed by atoms with Crippen LogP contribution in [0.15, 0.2) is 103 Å². The third-order valence-corrected chi connectivity index (χ3v) is 11.8. The number of methoxy groups -OCH3 is 2. The first-order valence-electron chi connectivity index (χ1n) is 18.0. The molecule has 6 atom stereocenters. The average molecular weight is 712 g/mol. The Morgan fingerprint density at radius 1 is 0.830 bits per heavy atom. The molecule has 4 amide bonds. The van der Waals surface area contributed by atoms with E-state index in [0.29, 0.717) is 22.5 Å². The molecule has 10 nitrogen and oxygen atoms in total. The van der Waals surface area contributed by atoms with E-state index in [1.165, 1.54) is 31.3 Å². The molecule has 270 valence electrons. The molecule has 4 aromatic carbocycles. The molecule has 0 bridgehead atoms. The standard InChI is InChI=1S/C43H41N3O7/c1-5-25-13-17-28(18-14-25)45-39(48)31-20-19-30-32(36(31)41(45)50)23-33-40(49)46(44-27-15-11-24(2)12-16-27)42(51)43(33,26-9-7-6-8-10-26)38(30)37-34(52-3)21-29(47)22-35(37)53-4/h6-19,21-22,31-33,36,38,44,47H,5,20,23H2,1-4H3/t31-,32+,33-,36-,38+,43+/m0/s1. The van der Waals surface area contributed by atoms with E-state index in [2.05, 4.69) is 5.43 Å². The summed E-state index contributed by atoms with van der Waals surface area (Å²) in [4.78, 5) is 60.5. The number of nitrogens with zero attached hydrogens (tertiary/aromatic N) is 2. The Bertz CT molecular complexity index is 2140. The highest BCUT2D eigenvalue weighted by Gasteiger charge is 2.71. The molecule has 10 heteroatoms. The highest BCUT2D eigenvalue weighted by atomic mass is 16.5. The monoisotopic (exact) mass is 711 g/mol. The van der Waals surface area contributed by atoms with Gasteiger partial charge in [-0.1, -0.05) is 78.7 Å². The van der Waals surface area contributed by atoms with Crippen molar-refractivity contribution in [2.24, 2.45) is 23.7 Å². The second-order valence-corrected chi connectivity index (χ2v) is 14.4. The van der Waals surface area contributed by atoms with Crippen LogP contribution in [0.4, 0.5) is 11.4 Å². The van der Waals surface area contributed by atoms with Gasteiger partial charge in [-0.3, -0.25) is 29.5 Å². The van der Waals surface area contributed by atoms with Crippen molar-refractivity contribution in [3.63, 3.8) is 0 Å². The zero-order valence-corrected chi connectivity index (χ0v) is 30.0. The molecule has 2 N–H and O–H groups in total. The summed E-state index contributed by atoms with van der Waals surface area (Å²) >= 11 is 0. The Labute approximate surface area is 308 Å². The highest BCUT2D eigenvalue weighted by Crippen LogP contribution is 2.66. The predicted octanol–water partition coefficient (Wildman–Crippen LogP) is 6.47. The van der Waals surface area contributed by atoms with E-state index in [4.69, 9.17) is 9.47 Å². The number of carbonyl (C=O) groups excluding carboxylic acids is 4. The average Bonchev–Trinajstić information content (AvgIpc) is 3.56. The number of fused-ring (bicyclic) bond motifs is 4. The number of benzene rings is 4. The van der Waals surface area contributed by atoms with Crippen LogP contribution in [0.25, 0.3) is 0 Å². The molecule has 2 aliphatic heterocycles. The summed E-state index contributed by atoms with van der Waals surface area (Å²) in [6, 6.07) is 27.1. The molecule has 1 saturated carbocycles. The Balaban J connectivity index is 1.35. The number of carbonyl (C=O) groups is 4. The maximum atomic E-state index is 15.5. The van der Waals surface area contributed by atoms with Crippen molar-refractivity contribution < 1.29 is 33.8 Å². The number of ether oxygens (including phenoxy) is 2. The maximum Gasteiger partial charge on any atom is 0.260 e. The first-order chi connectivity index (χ1) is 25.6. The third kappa shape index (κ3) is 5.06. The Morgan fingerprint density at radius 2 is 1.49 bits per heavy atom. The van der Waals surface area contributed by atoms with E-state index in [9.17, 15) is 19.5 Å². The van der Waals surface area contributed by atoms with Gasteiger partial charge in [0.15, 0.2) is 0 Å². The van der Waals surface area contributed by atoms with Gasteiger partial charge in [-0.25, -0.2) is 0 Å². The summed E-state index contributed by atoms with van der Waals surface area (Å²) in [5, 5.41) is 11.9. The molecule has 2 aliphatic carbocycles. The van der Waals surface area contributed by atoms with Gasteiger partial charge in [-0.05, 0) is 67.5 Å². The first-order valence-corrected chi connectivity index (χ1v) is 18.0. The van der Waals surface area contributed by atoms with Crippen molar-refractivity contribution in [3.8, 4) is 17.2 Å². The van der Waals surface area contributed by atoms with E-state index in [0.717, 1.165) is 28.1 Å². The SMILES string of the molecule is CCc1ccc(N2C(=O)[C@H]3[C@H](CC=C4[C@H]3C[C@H]3C(=O)N(Nc5ccc(C)cc5)C(=O)[C@@]3(c3ccccc3)[C@H]4c3c(OC)cc(O)cc3OC)C2=O)cc1. The Morgan fingerprint density at radius 3 is 2.11 bits per heavy atom. The highest BCUT2D eigenvalue weighted by molar-refractivity contribution is 6.22. The summed E-state index contributed by atoms with van der Waals surface area (Å²) in [6.07, 6.45) is 3.24. The summed E-state index contributed by atoms with van der Waals surface area (Å²) in [5.74, 6) is -4.87. The van der Waals surface area contributed by atoms with Crippen molar-refractivity contribution in [2.45, 2.75) is 44.4 Å². The number of phenolic OH excluding ortho intramolecular Hbond substituents is 1. The quantitative estimate of drug-likeness (QED) is 0.158. The van der Waals surface area contributed by atoms with E-state index in [1.807, 2.05) is 98.8 Å². The first kappa shape index (κ1) is 34.2. The molecule has 2 heterocycles. The number of allylic oxidation sites excluding steroid dienone is 2. The zero-order chi connectivity index (χ0) is 37.2. The van der Waals surface area contributed by atoms with Crippen molar-refractivity contribution >= 4 is 35.0 Å². The maximum absolute atomic E-state index is 15.5. The molecule has 0 radical (unpaired) electrons. The smallest absolute Gasteiger partial charge is 0.260 e. The Kier molecular flexibility index (Phi) is 8.36. The van der Waals surface area contributed by atoms with Crippen molar-refractivity contribution in [1.82, 2.24) is 5.01 Å². The molecular weight excluding hydrogens is 670 g/mol. The van der Waals surface area contributed by atoms with Crippen molar-refractivity contribution in [2.75, 3.05) is 24.5 Å². The van der Waals surface area contributed by atoms with E-state index in [1.54, 1.807) is 0 Å². The van der Waals surface area contributed by atoms with E-state index >= 15 is 4.79 Å². The lowest BCUT2D eigenvalue weighted by Gasteiger charge is -2.51. The molecule has 3 fully saturated rings. The molecular formula is C43H41N3O7. The van der Waals surface area contributed by atoms with Crippen LogP contribution in [0, 0.1) is 30.6 Å². The van der Waals surface area contributed by atoms with Crippen LogP contribution in [-0.2, 0) is 31.0 Å². The van der Waals surface area contributed by atoms with Crippen molar-refractivity contribution in [1.29, 1.82) is 0 Å². The molecule has 0 unspecified atom stereocenters. The number of hydrazine groups is 1. The number of phenols is 1. The van der Waals surface area contributed by atoms with Crippen LogP contribution < -0.4 is 19.8 Å². The number of amides is 4. The van der Waals surface area contributed by atoms with Gasteiger partial charge < -0.3 is 14.6 Å². The summed E-state index contributed by atoms with van der Waals surface area (Å²) in [5.41, 5.74) is 6.63. The molecule has 4 aromatic rings. The number of hydrogen-bond acceptors (Lipinski definition) is 8. The third-order valence-electron chi connectivity index (χ3n) is 11.8. The van der Waals surface area contributed by atoms with Gasteiger partial charge in [0.05, 0.1) is 48.8 Å². The lowest BCUT2D eigenvalue weighted by Crippen LogP contribution is -2.53. The van der Waals surface area contributed by atoms with Gasteiger partial charge >= 0.3 is 0 Å². The van der Waals surface area contributed by atoms with Crippen LogP contribution in [-0.4, -0.2) is 48.0 Å². The van der Waals surface area contributed by atoms with Crippen molar-refractivity contribution in [3.05, 3.63) is 125 Å². The lowest BCUT2D eigenvalue weighted by atomic mass is 9.49. The molecule has 0 aromatic heterocycles. The second-order valence-electron chi connectivity index (χ2n) is 14.4. The van der Waals surface area contributed by atoms with E-state index < -0.39 is 46.8 Å². The Hall–Kier alpha value is -5.90. The number of rotatable bonds is 8. The number of nitrogens with one attached hydrogen (secondary N) is 1. The predicted molar refractivity (Wildman–Crippen MR) is 198 cm³/mol. The number of anilines is 2. The summed E-state index contributed by atoms with van der Waals surface area (Å²) in [7, 11) is 2.95. The van der Waals surface area contributed by atoms with Crippen LogP contribution in [0.1, 0.15) is 47.9 Å². The summed E-state index contributed by atoms with van der Waals surface area (Å²) < 4.78 is 11.8. The number of aryl methyl sites for hydroxylation is 2. The summed E-state index contributed by atoms with van der Waals surface area (Å²) in [6.45, 7) is 4.00. The van der Waals surface area contributed by atoms with Crippen LogP contribution in [0.3, 0.4) is 0 Å². The van der Waals surface area contributed by atoms with Gasteiger partial charge in [0.2, 0.25) is 11.8 Å². The topological polar surface area (TPSA) is 125 Å². The fraction of sp³-hybridized carbons (Fsp3) is 0.302. The van der Waals surface area contributed by atoms with Crippen LogP contribution in [0.2, 0.25) is 0 Å². The van der Waals surface area contributed by atoms with Gasteiger partial charge in [0, 0.05) is 23.6 Å². The molecule has 53 heavy (non-hydrogen) atoms. The largest absolute Gasteiger partial charge is 0.508 e.